The Balaban J connectivity index is 1.24. The Hall–Kier alpha value is -7.42. The zero-order valence-corrected chi connectivity index (χ0v) is 30.8. The summed E-state index contributed by atoms with van der Waals surface area (Å²) in [5.41, 5.74) is 16.3. The fraction of sp³-hybridized carbons (Fsp3) is 0. The minimum Gasteiger partial charge on any atom is -0.309 e. The molecular formula is C54H38N2. The van der Waals surface area contributed by atoms with E-state index in [1.54, 1.807) is 0 Å². The van der Waals surface area contributed by atoms with E-state index in [1.165, 1.54) is 55.3 Å². The van der Waals surface area contributed by atoms with Gasteiger partial charge in [-0.15, -0.1) is 0 Å². The van der Waals surface area contributed by atoms with Gasteiger partial charge in [-0.05, 0) is 75.8 Å². The summed E-state index contributed by atoms with van der Waals surface area (Å²) in [5, 5.41) is 2.40. The number of hydrogen-bond acceptors (Lipinski definition) is 1. The van der Waals surface area contributed by atoms with Crippen molar-refractivity contribution in [3.05, 3.63) is 231 Å². The van der Waals surface area contributed by atoms with Gasteiger partial charge in [-0.1, -0.05) is 188 Å². The molecule has 0 bridgehead atoms. The molecule has 264 valence electrons. The zero-order valence-electron chi connectivity index (χ0n) is 30.8. The first-order valence-electron chi connectivity index (χ1n) is 19.2. The first kappa shape index (κ1) is 33.2. The van der Waals surface area contributed by atoms with Gasteiger partial charge in [0.25, 0.3) is 0 Å². The third-order valence-electron chi connectivity index (χ3n) is 10.8. The molecular weight excluding hydrogens is 677 g/mol. The molecule has 0 aliphatic carbocycles. The smallest absolute Gasteiger partial charge is 0.0562 e. The molecule has 1 aromatic heterocycles. The largest absolute Gasteiger partial charge is 0.309 e. The van der Waals surface area contributed by atoms with Crippen LogP contribution in [0.2, 0.25) is 0 Å². The van der Waals surface area contributed by atoms with Crippen LogP contribution in [0.5, 0.6) is 0 Å². The molecule has 0 amide bonds. The molecule has 0 radical (unpaired) electrons. The maximum absolute atomic E-state index is 2.48. The summed E-state index contributed by atoms with van der Waals surface area (Å²) in [6, 6.07) is 83.1. The normalized spacial score (nSPS) is 11.2. The van der Waals surface area contributed by atoms with Crippen LogP contribution in [0.1, 0.15) is 0 Å². The summed E-state index contributed by atoms with van der Waals surface area (Å²) in [6.45, 7) is 0. The van der Waals surface area contributed by atoms with Crippen molar-refractivity contribution in [1.29, 1.82) is 0 Å². The second-order valence-electron chi connectivity index (χ2n) is 14.1. The Labute approximate surface area is 327 Å². The standard InChI is InChI=1S/C54H38N2/c1-4-20-39(21-5-1)44-28-10-11-29-45(44)42-26-18-27-43(38-42)55-51-35-17-14-32-48(51)54-52(55)36-19-37-53(54)56(49-33-15-12-30-46(49)40-22-6-2-7-23-40)50-34-16-13-31-47(50)41-24-8-3-9-25-41/h1-38H. The first-order valence-corrected chi connectivity index (χ1v) is 19.2. The summed E-state index contributed by atoms with van der Waals surface area (Å²) in [6.07, 6.45) is 0. The van der Waals surface area contributed by atoms with Crippen molar-refractivity contribution in [2.45, 2.75) is 0 Å². The SMILES string of the molecule is c1ccc(-c2ccccc2-c2cccc(-n3c4ccccc4c4c(N(c5ccccc5-c5ccccc5)c5ccccc5-c5ccccc5)cccc43)c2)cc1. The molecule has 0 saturated carbocycles. The van der Waals surface area contributed by atoms with E-state index in [2.05, 4.69) is 240 Å². The molecule has 1 heterocycles. The lowest BCUT2D eigenvalue weighted by Crippen LogP contribution is -2.13. The molecule has 56 heavy (non-hydrogen) atoms. The van der Waals surface area contributed by atoms with Gasteiger partial charge >= 0.3 is 0 Å². The van der Waals surface area contributed by atoms with E-state index in [0.29, 0.717) is 0 Å². The van der Waals surface area contributed by atoms with Crippen molar-refractivity contribution in [3.8, 4) is 50.2 Å². The minimum absolute atomic E-state index is 1.12. The predicted molar refractivity (Wildman–Crippen MR) is 237 cm³/mol. The number of hydrogen-bond donors (Lipinski definition) is 0. The summed E-state index contributed by atoms with van der Waals surface area (Å²) in [4.78, 5) is 2.48. The van der Waals surface area contributed by atoms with Crippen LogP contribution >= 0.6 is 0 Å². The lowest BCUT2D eigenvalue weighted by Gasteiger charge is -2.30. The number of para-hydroxylation sites is 3. The zero-order chi connectivity index (χ0) is 37.3. The molecule has 0 N–H and O–H groups in total. The molecule has 9 aromatic carbocycles. The molecule has 0 atom stereocenters. The highest BCUT2D eigenvalue weighted by Crippen LogP contribution is 2.49. The summed E-state index contributed by atoms with van der Waals surface area (Å²) in [7, 11) is 0. The van der Waals surface area contributed by atoms with Crippen LogP contribution in [0.4, 0.5) is 17.1 Å². The van der Waals surface area contributed by atoms with E-state index in [4.69, 9.17) is 0 Å². The Kier molecular flexibility index (Phi) is 8.55. The van der Waals surface area contributed by atoms with Crippen LogP contribution in [0.15, 0.2) is 231 Å². The maximum Gasteiger partial charge on any atom is 0.0562 e. The molecule has 10 rings (SSSR count). The van der Waals surface area contributed by atoms with Crippen LogP contribution in [0.3, 0.4) is 0 Å². The first-order chi connectivity index (χ1) is 27.8. The van der Waals surface area contributed by atoms with Crippen LogP contribution in [0, 0.1) is 0 Å². The van der Waals surface area contributed by atoms with Gasteiger partial charge < -0.3 is 9.47 Å². The average Bonchev–Trinajstić information content (AvgIpc) is 3.63. The van der Waals surface area contributed by atoms with Crippen molar-refractivity contribution < 1.29 is 0 Å². The van der Waals surface area contributed by atoms with Crippen molar-refractivity contribution in [2.24, 2.45) is 0 Å². The topological polar surface area (TPSA) is 8.17 Å². The Bertz CT molecular complexity index is 2880. The van der Waals surface area contributed by atoms with Gasteiger partial charge in [0.15, 0.2) is 0 Å². The molecule has 0 aliphatic rings. The van der Waals surface area contributed by atoms with E-state index >= 15 is 0 Å². The number of aromatic nitrogens is 1. The number of rotatable bonds is 8. The van der Waals surface area contributed by atoms with Crippen LogP contribution < -0.4 is 4.90 Å². The number of benzene rings is 9. The molecule has 0 spiro atoms. The number of anilines is 3. The van der Waals surface area contributed by atoms with Crippen molar-refractivity contribution in [1.82, 2.24) is 4.57 Å². The summed E-state index contributed by atoms with van der Waals surface area (Å²) < 4.78 is 2.44. The van der Waals surface area contributed by atoms with E-state index in [1.807, 2.05) is 0 Å². The highest BCUT2D eigenvalue weighted by molar-refractivity contribution is 6.17. The van der Waals surface area contributed by atoms with Crippen molar-refractivity contribution in [2.75, 3.05) is 4.90 Å². The Morgan fingerprint density at radius 3 is 1.30 bits per heavy atom. The van der Waals surface area contributed by atoms with Gasteiger partial charge in [0.1, 0.15) is 0 Å². The van der Waals surface area contributed by atoms with E-state index in [9.17, 15) is 0 Å². The highest BCUT2D eigenvalue weighted by Gasteiger charge is 2.25. The Morgan fingerprint density at radius 1 is 0.286 bits per heavy atom. The molecule has 0 aliphatic heterocycles. The maximum atomic E-state index is 2.48. The van der Waals surface area contributed by atoms with Crippen molar-refractivity contribution in [3.63, 3.8) is 0 Å². The van der Waals surface area contributed by atoms with Gasteiger partial charge in [0, 0.05) is 27.6 Å². The van der Waals surface area contributed by atoms with E-state index in [-0.39, 0.29) is 0 Å². The predicted octanol–water partition coefficient (Wildman–Crippen LogP) is 14.9. The molecule has 2 heteroatoms. The minimum atomic E-state index is 1.12. The molecule has 2 nitrogen and oxygen atoms in total. The fourth-order valence-electron chi connectivity index (χ4n) is 8.33. The summed E-state index contributed by atoms with van der Waals surface area (Å²) in [5.74, 6) is 0. The van der Waals surface area contributed by atoms with E-state index < -0.39 is 0 Å². The monoisotopic (exact) mass is 714 g/mol. The van der Waals surface area contributed by atoms with Crippen LogP contribution in [-0.2, 0) is 0 Å². The van der Waals surface area contributed by atoms with Gasteiger partial charge in [-0.3, -0.25) is 0 Å². The average molecular weight is 715 g/mol. The van der Waals surface area contributed by atoms with Crippen molar-refractivity contribution >= 4 is 38.9 Å². The Morgan fingerprint density at radius 2 is 0.696 bits per heavy atom. The lowest BCUT2D eigenvalue weighted by atomic mass is 9.94. The highest BCUT2D eigenvalue weighted by atomic mass is 15.2. The third kappa shape index (κ3) is 5.85. The number of nitrogens with zero attached hydrogens (tertiary/aromatic N) is 2. The quantitative estimate of drug-likeness (QED) is 0.152. The van der Waals surface area contributed by atoms with Gasteiger partial charge in [-0.25, -0.2) is 0 Å². The van der Waals surface area contributed by atoms with Gasteiger partial charge in [0.2, 0.25) is 0 Å². The molecule has 0 saturated heterocycles. The second kappa shape index (κ2) is 14.4. The summed E-state index contributed by atoms with van der Waals surface area (Å²) >= 11 is 0. The lowest BCUT2D eigenvalue weighted by molar-refractivity contribution is 1.18. The van der Waals surface area contributed by atoms with Gasteiger partial charge in [-0.2, -0.15) is 0 Å². The molecule has 10 aromatic rings. The molecule has 0 fully saturated rings. The molecule has 0 unspecified atom stereocenters. The second-order valence-corrected chi connectivity index (χ2v) is 14.1. The van der Waals surface area contributed by atoms with Gasteiger partial charge in [0.05, 0.1) is 28.1 Å². The third-order valence-corrected chi connectivity index (χ3v) is 10.8. The fourth-order valence-corrected chi connectivity index (χ4v) is 8.33. The van der Waals surface area contributed by atoms with Crippen LogP contribution in [-0.4, -0.2) is 4.57 Å². The van der Waals surface area contributed by atoms with E-state index in [0.717, 1.165) is 33.8 Å². The number of fused-ring (bicyclic) bond motifs is 3. The van der Waals surface area contributed by atoms with Crippen LogP contribution in [0.25, 0.3) is 72.0 Å².